The Morgan fingerprint density at radius 1 is 1.62 bits per heavy atom. The van der Waals surface area contributed by atoms with Gasteiger partial charge >= 0.3 is 5.97 Å². The number of benzene rings is 1. The van der Waals surface area contributed by atoms with Gasteiger partial charge in [-0.2, -0.15) is 0 Å². The van der Waals surface area contributed by atoms with Gasteiger partial charge in [0.05, 0.1) is 7.11 Å². The maximum absolute atomic E-state index is 11.0. The molecule has 0 fully saturated rings. The van der Waals surface area contributed by atoms with Crippen LogP contribution in [0.25, 0.3) is 0 Å². The summed E-state index contributed by atoms with van der Waals surface area (Å²) in [6.45, 7) is 1.73. The molecule has 1 radical (unpaired) electrons. The van der Waals surface area contributed by atoms with Crippen LogP contribution in [0.2, 0.25) is 0 Å². The van der Waals surface area contributed by atoms with Crippen LogP contribution in [0.3, 0.4) is 0 Å². The first-order chi connectivity index (χ1) is 6.27. The molecule has 0 amide bonds. The number of ether oxygens (including phenoxy) is 2. The maximum Gasteiger partial charge on any atom is 0.311 e. The zero-order valence-corrected chi connectivity index (χ0v) is 7.66. The summed E-state index contributed by atoms with van der Waals surface area (Å²) in [6, 6.07) is 7.94. The highest BCUT2D eigenvalue weighted by atomic mass is 16.6. The van der Waals surface area contributed by atoms with Gasteiger partial charge in [0.2, 0.25) is 0 Å². The number of rotatable bonds is 3. The van der Waals surface area contributed by atoms with E-state index in [2.05, 4.69) is 6.07 Å². The van der Waals surface area contributed by atoms with E-state index >= 15 is 0 Å². The van der Waals surface area contributed by atoms with Crippen molar-refractivity contribution in [2.75, 3.05) is 7.11 Å². The summed E-state index contributed by atoms with van der Waals surface area (Å²) in [5.41, 5.74) is 0. The third-order valence-corrected chi connectivity index (χ3v) is 1.51. The number of carbonyl (C=O) groups excluding carboxylic acids is 1. The third kappa shape index (κ3) is 2.47. The van der Waals surface area contributed by atoms with Crippen LogP contribution in [0, 0.1) is 6.07 Å². The Labute approximate surface area is 77.3 Å². The summed E-state index contributed by atoms with van der Waals surface area (Å²) in [6.07, 6.45) is 0.339. The van der Waals surface area contributed by atoms with Crippen LogP contribution in [0.5, 0.6) is 11.5 Å². The van der Waals surface area contributed by atoms with Crippen LogP contribution in [-0.2, 0) is 4.79 Å². The van der Waals surface area contributed by atoms with Gasteiger partial charge < -0.3 is 9.47 Å². The predicted molar refractivity (Wildman–Crippen MR) is 47.8 cm³/mol. The van der Waals surface area contributed by atoms with Crippen molar-refractivity contribution < 1.29 is 14.3 Å². The van der Waals surface area contributed by atoms with E-state index in [0.717, 1.165) is 0 Å². The Morgan fingerprint density at radius 2 is 2.38 bits per heavy atom. The molecule has 0 aliphatic carbocycles. The molecule has 3 heteroatoms. The first kappa shape index (κ1) is 9.58. The Balaban J connectivity index is 2.81. The summed E-state index contributed by atoms with van der Waals surface area (Å²) in [4.78, 5) is 11.0. The lowest BCUT2D eigenvalue weighted by Crippen LogP contribution is -2.06. The van der Waals surface area contributed by atoms with Crippen molar-refractivity contribution in [1.29, 1.82) is 0 Å². The third-order valence-electron chi connectivity index (χ3n) is 1.51. The van der Waals surface area contributed by atoms with Crippen molar-refractivity contribution in [1.82, 2.24) is 0 Å². The summed E-state index contributed by atoms with van der Waals surface area (Å²) >= 11 is 0. The fraction of sp³-hybridized carbons (Fsp3) is 0.300. The van der Waals surface area contributed by atoms with Crippen molar-refractivity contribution in [2.24, 2.45) is 0 Å². The molecule has 69 valence electrons. The SMILES string of the molecule is CCC(=O)Oc1[c]cccc1OC. The number of hydrogen-bond acceptors (Lipinski definition) is 3. The van der Waals surface area contributed by atoms with Gasteiger partial charge in [-0.3, -0.25) is 4.79 Å². The molecule has 1 aromatic carbocycles. The van der Waals surface area contributed by atoms with E-state index in [1.807, 2.05) is 0 Å². The molecule has 0 N–H and O–H groups in total. The van der Waals surface area contributed by atoms with Crippen LogP contribution in [0.15, 0.2) is 18.2 Å². The van der Waals surface area contributed by atoms with E-state index in [-0.39, 0.29) is 5.97 Å². The highest BCUT2D eigenvalue weighted by Crippen LogP contribution is 2.25. The predicted octanol–water partition coefficient (Wildman–Crippen LogP) is 1.81. The van der Waals surface area contributed by atoms with Crippen molar-refractivity contribution in [3.8, 4) is 11.5 Å². The molecule has 0 saturated carbocycles. The summed E-state index contributed by atoms with van der Waals surface area (Å²) in [5.74, 6) is 0.571. The van der Waals surface area contributed by atoms with Crippen LogP contribution in [0.4, 0.5) is 0 Å². The first-order valence-electron chi connectivity index (χ1n) is 4.03. The molecular weight excluding hydrogens is 168 g/mol. The van der Waals surface area contributed by atoms with Crippen LogP contribution in [0.1, 0.15) is 13.3 Å². The van der Waals surface area contributed by atoms with E-state index in [9.17, 15) is 4.79 Å². The van der Waals surface area contributed by atoms with E-state index in [4.69, 9.17) is 9.47 Å². The Hall–Kier alpha value is -1.51. The average molecular weight is 179 g/mol. The van der Waals surface area contributed by atoms with Crippen LogP contribution in [-0.4, -0.2) is 13.1 Å². The highest BCUT2D eigenvalue weighted by molar-refractivity contribution is 5.72. The van der Waals surface area contributed by atoms with Crippen LogP contribution >= 0.6 is 0 Å². The lowest BCUT2D eigenvalue weighted by molar-refractivity contribution is -0.134. The van der Waals surface area contributed by atoms with Gasteiger partial charge in [0, 0.05) is 12.5 Å². The second-order valence-electron chi connectivity index (χ2n) is 2.40. The Morgan fingerprint density at radius 3 is 3.00 bits per heavy atom. The lowest BCUT2D eigenvalue weighted by atomic mass is 10.3. The zero-order chi connectivity index (χ0) is 9.68. The number of para-hydroxylation sites is 1. The molecule has 0 unspecified atom stereocenters. The van der Waals surface area contributed by atoms with Gasteiger partial charge in [0.1, 0.15) is 0 Å². The molecule has 0 bridgehead atoms. The average Bonchev–Trinajstić information content (AvgIpc) is 2.18. The molecule has 3 nitrogen and oxygen atoms in total. The fourth-order valence-corrected chi connectivity index (χ4v) is 0.833. The van der Waals surface area contributed by atoms with E-state index < -0.39 is 0 Å². The quantitative estimate of drug-likeness (QED) is 0.524. The molecule has 0 aromatic heterocycles. The van der Waals surface area contributed by atoms with Crippen molar-refractivity contribution in [2.45, 2.75) is 13.3 Å². The van der Waals surface area contributed by atoms with Gasteiger partial charge in [0.15, 0.2) is 11.5 Å². The first-order valence-corrected chi connectivity index (χ1v) is 4.03. The molecule has 0 atom stereocenters. The zero-order valence-electron chi connectivity index (χ0n) is 7.66. The molecular formula is C10H11O3. The van der Waals surface area contributed by atoms with E-state index in [1.165, 1.54) is 7.11 Å². The molecule has 0 aliphatic heterocycles. The minimum absolute atomic E-state index is 0.291. The molecule has 1 aromatic rings. The van der Waals surface area contributed by atoms with Gasteiger partial charge in [-0.15, -0.1) is 0 Å². The van der Waals surface area contributed by atoms with Crippen molar-refractivity contribution in [3.05, 3.63) is 24.3 Å². The summed E-state index contributed by atoms with van der Waals surface area (Å²) < 4.78 is 9.95. The normalized spacial score (nSPS) is 9.38. The van der Waals surface area contributed by atoms with Crippen molar-refractivity contribution in [3.63, 3.8) is 0 Å². The minimum atomic E-state index is -0.291. The summed E-state index contributed by atoms with van der Waals surface area (Å²) in [5, 5.41) is 0. The lowest BCUT2D eigenvalue weighted by Gasteiger charge is -2.06. The molecule has 13 heavy (non-hydrogen) atoms. The topological polar surface area (TPSA) is 35.5 Å². The van der Waals surface area contributed by atoms with E-state index in [1.54, 1.807) is 25.1 Å². The minimum Gasteiger partial charge on any atom is -0.493 e. The molecule has 0 heterocycles. The Bertz CT molecular complexity index is 294. The van der Waals surface area contributed by atoms with Crippen molar-refractivity contribution >= 4 is 5.97 Å². The van der Waals surface area contributed by atoms with Gasteiger partial charge in [-0.05, 0) is 6.07 Å². The standard InChI is InChI=1S/C10H11O3/c1-3-10(11)13-9-7-5-4-6-8(9)12-2/h4-6H,3H2,1-2H3. The highest BCUT2D eigenvalue weighted by Gasteiger charge is 2.06. The van der Waals surface area contributed by atoms with E-state index in [0.29, 0.717) is 17.9 Å². The maximum atomic E-state index is 11.0. The monoisotopic (exact) mass is 179 g/mol. The van der Waals surface area contributed by atoms with Gasteiger partial charge in [-0.1, -0.05) is 19.1 Å². The number of hydrogen-bond donors (Lipinski definition) is 0. The second-order valence-corrected chi connectivity index (χ2v) is 2.40. The summed E-state index contributed by atoms with van der Waals surface area (Å²) in [7, 11) is 1.52. The largest absolute Gasteiger partial charge is 0.493 e. The number of esters is 1. The molecule has 1 rings (SSSR count). The van der Waals surface area contributed by atoms with Crippen LogP contribution < -0.4 is 9.47 Å². The molecule has 0 saturated heterocycles. The Kier molecular flexibility index (Phi) is 3.31. The molecule has 0 aliphatic rings. The number of carbonyl (C=O) groups is 1. The van der Waals surface area contributed by atoms with Gasteiger partial charge in [0.25, 0.3) is 0 Å². The molecule has 0 spiro atoms. The van der Waals surface area contributed by atoms with Gasteiger partial charge in [-0.25, -0.2) is 0 Å². The second kappa shape index (κ2) is 4.50. The number of methoxy groups -OCH3 is 1. The fourth-order valence-electron chi connectivity index (χ4n) is 0.833. The smallest absolute Gasteiger partial charge is 0.311 e.